The molecule has 1 atom stereocenters. The maximum atomic E-state index is 12.4. The Bertz CT molecular complexity index is 943. The molecule has 1 saturated heterocycles. The van der Waals surface area contributed by atoms with Crippen LogP contribution in [0.5, 0.6) is 0 Å². The van der Waals surface area contributed by atoms with Crippen molar-refractivity contribution < 1.29 is 9.59 Å². The van der Waals surface area contributed by atoms with Crippen LogP contribution in [-0.4, -0.2) is 24.9 Å². The summed E-state index contributed by atoms with van der Waals surface area (Å²) >= 11 is 5.92. The summed E-state index contributed by atoms with van der Waals surface area (Å²) in [7, 11) is 0. The Morgan fingerprint density at radius 1 is 1.22 bits per heavy atom. The lowest BCUT2D eigenvalue weighted by Crippen LogP contribution is -2.33. The second kappa shape index (κ2) is 8.28. The van der Waals surface area contributed by atoms with Crippen LogP contribution in [0, 0.1) is 31.6 Å². The van der Waals surface area contributed by atoms with Gasteiger partial charge >= 0.3 is 0 Å². The van der Waals surface area contributed by atoms with Gasteiger partial charge in [-0.2, -0.15) is 0 Å². The third-order valence-electron chi connectivity index (χ3n) is 4.71. The second-order valence-corrected chi connectivity index (χ2v) is 7.14. The molecule has 1 heterocycles. The van der Waals surface area contributed by atoms with Crippen molar-refractivity contribution in [2.24, 2.45) is 5.92 Å². The summed E-state index contributed by atoms with van der Waals surface area (Å²) < 4.78 is 0. The first-order valence-corrected chi connectivity index (χ1v) is 9.21. The summed E-state index contributed by atoms with van der Waals surface area (Å²) in [6.07, 6.45) is 0.223. The van der Waals surface area contributed by atoms with E-state index in [1.54, 1.807) is 17.0 Å². The van der Waals surface area contributed by atoms with Crippen LogP contribution in [0.3, 0.4) is 0 Å². The molecular weight excluding hydrogens is 360 g/mol. The van der Waals surface area contributed by atoms with E-state index in [-0.39, 0.29) is 30.7 Å². The highest BCUT2D eigenvalue weighted by Crippen LogP contribution is 2.26. The van der Waals surface area contributed by atoms with Gasteiger partial charge in [0.05, 0.1) is 12.5 Å². The number of nitrogens with zero attached hydrogens (tertiary/aromatic N) is 1. The van der Waals surface area contributed by atoms with E-state index < -0.39 is 0 Å². The van der Waals surface area contributed by atoms with E-state index in [2.05, 4.69) is 17.2 Å². The van der Waals surface area contributed by atoms with Crippen molar-refractivity contribution in [3.63, 3.8) is 0 Å². The monoisotopic (exact) mass is 380 g/mol. The van der Waals surface area contributed by atoms with E-state index in [0.29, 0.717) is 11.6 Å². The van der Waals surface area contributed by atoms with Gasteiger partial charge in [0, 0.05) is 29.2 Å². The van der Waals surface area contributed by atoms with Gasteiger partial charge in [0.2, 0.25) is 11.8 Å². The zero-order valence-electron chi connectivity index (χ0n) is 15.4. The van der Waals surface area contributed by atoms with Gasteiger partial charge in [-0.1, -0.05) is 35.6 Å². The first-order valence-electron chi connectivity index (χ1n) is 8.84. The van der Waals surface area contributed by atoms with Crippen LogP contribution in [0.2, 0.25) is 5.02 Å². The van der Waals surface area contributed by atoms with Gasteiger partial charge in [-0.15, -0.1) is 0 Å². The van der Waals surface area contributed by atoms with Gasteiger partial charge < -0.3 is 10.2 Å². The minimum atomic E-state index is -0.355. The number of carbonyl (C=O) groups is 2. The number of rotatable bonds is 3. The van der Waals surface area contributed by atoms with E-state index in [0.717, 1.165) is 16.8 Å². The minimum Gasteiger partial charge on any atom is -0.345 e. The summed E-state index contributed by atoms with van der Waals surface area (Å²) in [6.45, 7) is 4.68. The van der Waals surface area contributed by atoms with E-state index in [4.69, 9.17) is 11.6 Å². The molecule has 0 radical (unpaired) electrons. The van der Waals surface area contributed by atoms with Crippen LogP contribution in [0.25, 0.3) is 0 Å². The van der Waals surface area contributed by atoms with Crippen molar-refractivity contribution in [2.45, 2.75) is 20.3 Å². The maximum Gasteiger partial charge on any atom is 0.227 e. The Morgan fingerprint density at radius 3 is 2.78 bits per heavy atom. The predicted molar refractivity (Wildman–Crippen MR) is 108 cm³/mol. The van der Waals surface area contributed by atoms with Gasteiger partial charge in [-0.05, 0) is 55.3 Å². The van der Waals surface area contributed by atoms with Crippen LogP contribution in [0.15, 0.2) is 42.5 Å². The van der Waals surface area contributed by atoms with E-state index in [1.807, 2.05) is 44.2 Å². The Morgan fingerprint density at radius 2 is 2.04 bits per heavy atom. The molecule has 2 aromatic rings. The molecule has 2 amide bonds. The van der Waals surface area contributed by atoms with Crippen LogP contribution in [-0.2, 0) is 9.59 Å². The standard InChI is InChI=1S/C22H21ClN2O2/c1-15-8-9-20(11-16(15)2)25-14-18(13-21(25)26)22(27)24-10-4-6-17-5-3-7-19(23)12-17/h3,5,7-9,11-12,18H,10,13-14H2,1-2H3,(H,24,27). The fraction of sp³-hybridized carbons (Fsp3) is 0.273. The van der Waals surface area contributed by atoms with Gasteiger partial charge in [-0.3, -0.25) is 9.59 Å². The van der Waals surface area contributed by atoms with E-state index >= 15 is 0 Å². The molecule has 1 aliphatic heterocycles. The summed E-state index contributed by atoms with van der Waals surface area (Å²) in [4.78, 5) is 26.4. The molecule has 4 nitrogen and oxygen atoms in total. The molecule has 0 spiro atoms. The van der Waals surface area contributed by atoms with Crippen LogP contribution in [0.4, 0.5) is 5.69 Å². The number of hydrogen-bond acceptors (Lipinski definition) is 2. The van der Waals surface area contributed by atoms with Crippen molar-refractivity contribution in [1.82, 2.24) is 5.32 Å². The highest BCUT2D eigenvalue weighted by molar-refractivity contribution is 6.30. The fourth-order valence-electron chi connectivity index (χ4n) is 3.01. The number of carbonyl (C=O) groups excluding carboxylic acids is 2. The largest absolute Gasteiger partial charge is 0.345 e. The van der Waals surface area contributed by atoms with Crippen LogP contribution in [0.1, 0.15) is 23.1 Å². The molecule has 1 unspecified atom stereocenters. The molecule has 1 N–H and O–H groups in total. The van der Waals surface area contributed by atoms with E-state index in [1.165, 1.54) is 5.56 Å². The van der Waals surface area contributed by atoms with Gasteiger partial charge in [-0.25, -0.2) is 0 Å². The molecule has 1 aliphatic rings. The highest BCUT2D eigenvalue weighted by atomic mass is 35.5. The van der Waals surface area contributed by atoms with Gasteiger partial charge in [0.1, 0.15) is 0 Å². The van der Waals surface area contributed by atoms with Crippen LogP contribution >= 0.6 is 11.6 Å². The molecule has 1 fully saturated rings. The summed E-state index contributed by atoms with van der Waals surface area (Å²) in [6, 6.07) is 13.2. The number of halogens is 1. The van der Waals surface area contributed by atoms with Crippen molar-refractivity contribution in [2.75, 3.05) is 18.0 Å². The third kappa shape index (κ3) is 4.69. The second-order valence-electron chi connectivity index (χ2n) is 6.70. The SMILES string of the molecule is Cc1ccc(N2CC(C(=O)NCC#Cc3cccc(Cl)c3)CC2=O)cc1C. The maximum absolute atomic E-state index is 12.4. The lowest BCUT2D eigenvalue weighted by atomic mass is 10.1. The van der Waals surface area contributed by atoms with Crippen molar-refractivity contribution in [3.8, 4) is 11.8 Å². The van der Waals surface area contributed by atoms with Crippen molar-refractivity contribution >= 4 is 29.1 Å². The highest BCUT2D eigenvalue weighted by Gasteiger charge is 2.34. The Hall–Kier alpha value is -2.77. The molecular formula is C22H21ClN2O2. The number of amides is 2. The van der Waals surface area contributed by atoms with Gasteiger partial charge in [0.25, 0.3) is 0 Å². The van der Waals surface area contributed by atoms with Crippen molar-refractivity contribution in [1.29, 1.82) is 0 Å². The lowest BCUT2D eigenvalue weighted by molar-refractivity contribution is -0.126. The zero-order valence-corrected chi connectivity index (χ0v) is 16.1. The molecule has 2 aromatic carbocycles. The number of nitrogens with one attached hydrogen (secondary N) is 1. The predicted octanol–water partition coefficient (Wildman–Crippen LogP) is 3.48. The normalized spacial score (nSPS) is 16.0. The number of benzene rings is 2. The molecule has 27 heavy (non-hydrogen) atoms. The fourth-order valence-corrected chi connectivity index (χ4v) is 3.20. The zero-order chi connectivity index (χ0) is 19.4. The van der Waals surface area contributed by atoms with E-state index in [9.17, 15) is 9.59 Å². The summed E-state index contributed by atoms with van der Waals surface area (Å²) in [5, 5.41) is 3.42. The first-order chi connectivity index (χ1) is 12.9. The quantitative estimate of drug-likeness (QED) is 0.829. The van der Waals surface area contributed by atoms with Crippen LogP contribution < -0.4 is 10.2 Å². The minimum absolute atomic E-state index is 0.0246. The summed E-state index contributed by atoms with van der Waals surface area (Å²) in [5.74, 6) is 5.35. The Labute approximate surface area is 164 Å². The molecule has 0 saturated carbocycles. The van der Waals surface area contributed by atoms with Crippen molar-refractivity contribution in [3.05, 3.63) is 64.2 Å². The molecule has 5 heteroatoms. The Balaban J connectivity index is 1.57. The number of anilines is 1. The molecule has 138 valence electrons. The third-order valence-corrected chi connectivity index (χ3v) is 4.94. The summed E-state index contributed by atoms with van der Waals surface area (Å²) in [5.41, 5.74) is 3.95. The topological polar surface area (TPSA) is 49.4 Å². The van der Waals surface area contributed by atoms with Gasteiger partial charge in [0.15, 0.2) is 0 Å². The first kappa shape index (κ1) is 19.0. The molecule has 0 aliphatic carbocycles. The average molecular weight is 381 g/mol. The smallest absolute Gasteiger partial charge is 0.227 e. The Kier molecular flexibility index (Phi) is 5.83. The number of aryl methyl sites for hydroxylation is 2. The number of hydrogen-bond donors (Lipinski definition) is 1. The lowest BCUT2D eigenvalue weighted by Gasteiger charge is -2.17. The molecule has 3 rings (SSSR count). The average Bonchev–Trinajstić information content (AvgIpc) is 3.03. The molecule has 0 aromatic heterocycles. The molecule has 0 bridgehead atoms.